The van der Waals surface area contributed by atoms with Crippen LogP contribution in [0.1, 0.15) is 47.0 Å². The molecular weight excluding hydrogens is 427 g/mol. The molecule has 0 amide bonds. The summed E-state index contributed by atoms with van der Waals surface area (Å²) in [4.78, 5) is 20.0. The highest BCUT2D eigenvalue weighted by Crippen LogP contribution is 2.50. The highest BCUT2D eigenvalue weighted by atomic mass is 35.5. The normalized spacial score (nSPS) is 20.9. The van der Waals surface area contributed by atoms with Gasteiger partial charge in [0.25, 0.3) is 0 Å². The summed E-state index contributed by atoms with van der Waals surface area (Å²) in [7, 11) is 0. The summed E-state index contributed by atoms with van der Waals surface area (Å²) in [5, 5.41) is -0.169. The minimum atomic E-state index is -0.582. The van der Waals surface area contributed by atoms with Crippen LogP contribution in [-0.2, 0) is 13.0 Å². The molecule has 0 unspecified atom stereocenters. The van der Waals surface area contributed by atoms with Crippen molar-refractivity contribution in [3.63, 3.8) is 0 Å². The summed E-state index contributed by atoms with van der Waals surface area (Å²) in [6.07, 6.45) is 6.32. The molecule has 2 aliphatic heterocycles. The Balaban J connectivity index is 1.21. The molecule has 8 heteroatoms. The van der Waals surface area contributed by atoms with E-state index >= 15 is 0 Å². The van der Waals surface area contributed by atoms with Crippen molar-refractivity contribution in [2.75, 3.05) is 18.0 Å². The van der Waals surface area contributed by atoms with E-state index in [1.54, 1.807) is 12.3 Å². The predicted octanol–water partition coefficient (Wildman–Crippen LogP) is 3.86. The van der Waals surface area contributed by atoms with Crippen LogP contribution in [0, 0.1) is 11.2 Å². The number of aromatic nitrogens is 3. The third-order valence-corrected chi connectivity index (χ3v) is 7.48. The zero-order chi connectivity index (χ0) is 21.9. The number of nitrogens with two attached hydrogens (primary N) is 1. The minimum Gasteiger partial charge on any atom is -0.355 e. The van der Waals surface area contributed by atoms with Crippen molar-refractivity contribution < 1.29 is 4.39 Å². The van der Waals surface area contributed by atoms with Gasteiger partial charge in [-0.05, 0) is 41.9 Å². The predicted molar refractivity (Wildman–Crippen MR) is 122 cm³/mol. The first kappa shape index (κ1) is 19.8. The van der Waals surface area contributed by atoms with Crippen molar-refractivity contribution in [3.8, 4) is 0 Å². The summed E-state index contributed by atoms with van der Waals surface area (Å²) in [6.45, 7) is 2.15. The molecule has 32 heavy (non-hydrogen) atoms. The van der Waals surface area contributed by atoms with E-state index in [0.717, 1.165) is 43.9 Å². The molecule has 0 radical (unpaired) electrons. The summed E-state index contributed by atoms with van der Waals surface area (Å²) in [5.41, 5.74) is 11.7. The molecule has 162 valence electrons. The number of anilines is 1. The fraction of sp³-hybridized carbons (Fsp3) is 0.333. The molecule has 4 heterocycles. The topological polar surface area (TPSA) is 80.3 Å². The zero-order valence-corrected chi connectivity index (χ0v) is 18.2. The first-order chi connectivity index (χ1) is 15.6. The number of hydrogen-bond donors (Lipinski definition) is 1. The highest BCUT2D eigenvalue weighted by molar-refractivity contribution is 6.30. The van der Waals surface area contributed by atoms with Crippen molar-refractivity contribution in [1.82, 2.24) is 15.0 Å². The first-order valence-electron chi connectivity index (χ1n) is 10.9. The van der Waals surface area contributed by atoms with E-state index in [9.17, 15) is 4.39 Å². The molecule has 3 aromatic rings. The molecule has 1 saturated heterocycles. The monoisotopic (exact) mass is 448 g/mol. The van der Waals surface area contributed by atoms with Crippen LogP contribution in [-0.4, -0.2) is 33.8 Å². The maximum Gasteiger partial charge on any atom is 0.169 e. The molecule has 2 aromatic heterocycles. The van der Waals surface area contributed by atoms with Crippen LogP contribution in [0.15, 0.2) is 47.7 Å². The van der Waals surface area contributed by atoms with Gasteiger partial charge in [-0.15, -0.1) is 0 Å². The number of pyridine rings is 1. The van der Waals surface area contributed by atoms with E-state index in [0.29, 0.717) is 23.5 Å². The van der Waals surface area contributed by atoms with E-state index < -0.39 is 5.82 Å². The van der Waals surface area contributed by atoms with Crippen LogP contribution >= 0.6 is 11.6 Å². The average Bonchev–Trinajstić information content (AvgIpc) is 3.35. The maximum atomic E-state index is 14.5. The number of aliphatic imine (C=N–C) groups is 1. The van der Waals surface area contributed by atoms with Crippen LogP contribution in [0.25, 0.3) is 0 Å². The average molecular weight is 449 g/mol. The molecule has 6 nitrogen and oxygen atoms in total. The number of nitrogens with zero attached hydrogens (tertiary/aromatic N) is 5. The Morgan fingerprint density at radius 3 is 2.75 bits per heavy atom. The van der Waals surface area contributed by atoms with E-state index in [1.165, 1.54) is 17.3 Å². The SMILES string of the molecule is N[C@H]1c2ccccc2CC12CCN(c1cnc3c(n1)CN=C3c1ccnc(Cl)c1F)CC2. The first-order valence-corrected chi connectivity index (χ1v) is 11.2. The number of fused-ring (bicyclic) bond motifs is 2. The van der Waals surface area contributed by atoms with Gasteiger partial charge in [-0.25, -0.2) is 19.3 Å². The Morgan fingerprint density at radius 1 is 1.12 bits per heavy atom. The lowest BCUT2D eigenvalue weighted by molar-refractivity contribution is 0.187. The van der Waals surface area contributed by atoms with Crippen LogP contribution < -0.4 is 10.6 Å². The quantitative estimate of drug-likeness (QED) is 0.602. The third-order valence-electron chi connectivity index (χ3n) is 7.22. The number of halogens is 2. The molecule has 3 aliphatic rings. The lowest BCUT2D eigenvalue weighted by Crippen LogP contribution is -2.44. The molecule has 6 rings (SSSR count). The maximum absolute atomic E-state index is 14.5. The molecule has 1 aromatic carbocycles. The van der Waals surface area contributed by atoms with Crippen LogP contribution in [0.4, 0.5) is 10.2 Å². The second-order valence-corrected chi connectivity index (χ2v) is 9.21. The lowest BCUT2D eigenvalue weighted by Gasteiger charge is -2.42. The fourth-order valence-corrected chi connectivity index (χ4v) is 5.56. The molecule has 0 saturated carbocycles. The van der Waals surface area contributed by atoms with Crippen molar-refractivity contribution in [1.29, 1.82) is 0 Å². The highest BCUT2D eigenvalue weighted by Gasteiger charge is 2.46. The molecule has 2 N–H and O–H groups in total. The standard InChI is InChI=1S/C24H22ClFN6/c25-23-19(26)16(5-8-28-23)20-21-17(12-29-20)31-18(13-30-21)32-9-6-24(7-10-32)11-14-3-1-2-4-15(14)22(24)27/h1-5,8,13,22H,6-7,9-12,27H2/t22-/m0/s1. The minimum absolute atomic E-state index is 0.0880. The Hall–Kier alpha value is -2.90. The summed E-state index contributed by atoms with van der Waals surface area (Å²) < 4.78 is 14.5. The van der Waals surface area contributed by atoms with Crippen molar-refractivity contribution in [2.24, 2.45) is 16.1 Å². The van der Waals surface area contributed by atoms with Crippen molar-refractivity contribution in [3.05, 3.63) is 81.8 Å². The van der Waals surface area contributed by atoms with Gasteiger partial charge in [-0.2, -0.15) is 0 Å². The van der Waals surface area contributed by atoms with E-state index in [-0.39, 0.29) is 16.6 Å². The second kappa shape index (κ2) is 7.32. The smallest absolute Gasteiger partial charge is 0.169 e. The largest absolute Gasteiger partial charge is 0.355 e. The Morgan fingerprint density at radius 2 is 1.94 bits per heavy atom. The van der Waals surface area contributed by atoms with Gasteiger partial charge < -0.3 is 10.6 Å². The van der Waals surface area contributed by atoms with Crippen LogP contribution in [0.3, 0.4) is 0 Å². The molecule has 1 spiro atoms. The second-order valence-electron chi connectivity index (χ2n) is 8.85. The number of hydrogen-bond acceptors (Lipinski definition) is 6. The zero-order valence-electron chi connectivity index (χ0n) is 17.4. The van der Waals surface area contributed by atoms with Gasteiger partial charge in [0.1, 0.15) is 11.5 Å². The van der Waals surface area contributed by atoms with Gasteiger partial charge in [0, 0.05) is 30.9 Å². The van der Waals surface area contributed by atoms with Crippen molar-refractivity contribution in [2.45, 2.75) is 31.8 Å². The van der Waals surface area contributed by atoms with Gasteiger partial charge in [-0.3, -0.25) is 4.99 Å². The summed E-state index contributed by atoms with van der Waals surface area (Å²) >= 11 is 5.84. The molecular formula is C24H22ClFN6. The number of benzene rings is 1. The van der Waals surface area contributed by atoms with Gasteiger partial charge in [0.15, 0.2) is 11.0 Å². The van der Waals surface area contributed by atoms with Gasteiger partial charge in [0.2, 0.25) is 0 Å². The van der Waals surface area contributed by atoms with E-state index in [4.69, 9.17) is 22.3 Å². The third kappa shape index (κ3) is 2.95. The number of piperidine rings is 1. The van der Waals surface area contributed by atoms with Gasteiger partial charge >= 0.3 is 0 Å². The van der Waals surface area contributed by atoms with Crippen LogP contribution in [0.5, 0.6) is 0 Å². The van der Waals surface area contributed by atoms with Gasteiger partial charge in [0.05, 0.1) is 24.1 Å². The van der Waals surface area contributed by atoms with Crippen LogP contribution in [0.2, 0.25) is 5.15 Å². The Kier molecular flexibility index (Phi) is 4.52. The van der Waals surface area contributed by atoms with E-state index in [1.807, 2.05) is 0 Å². The number of rotatable bonds is 2. The van der Waals surface area contributed by atoms with E-state index in [2.05, 4.69) is 44.1 Å². The Bertz CT molecular complexity index is 1250. The fourth-order valence-electron chi connectivity index (χ4n) is 5.41. The molecule has 0 bridgehead atoms. The van der Waals surface area contributed by atoms with Gasteiger partial charge in [-0.1, -0.05) is 35.9 Å². The lowest BCUT2D eigenvalue weighted by atomic mass is 9.73. The Labute approximate surface area is 190 Å². The van der Waals surface area contributed by atoms with Crippen molar-refractivity contribution >= 4 is 23.1 Å². The summed E-state index contributed by atoms with van der Waals surface area (Å²) in [5.74, 6) is 0.259. The summed E-state index contributed by atoms with van der Waals surface area (Å²) in [6, 6.07) is 10.2. The molecule has 1 atom stereocenters. The molecule has 1 fully saturated rings. The molecule has 1 aliphatic carbocycles.